The number of aryl methyl sites for hydroxylation is 1. The van der Waals surface area contributed by atoms with Gasteiger partial charge in [-0.15, -0.1) is 0 Å². The van der Waals surface area contributed by atoms with Gasteiger partial charge in [-0.05, 0) is 62.3 Å². The molecule has 1 aliphatic rings. The molecule has 1 heterocycles. The molecular weight excluding hydrogens is 279 g/mol. The molecule has 3 nitrogen and oxygen atoms in total. The first-order chi connectivity index (χ1) is 10.5. The van der Waals surface area contributed by atoms with E-state index in [0.29, 0.717) is 12.5 Å². The zero-order valence-electron chi connectivity index (χ0n) is 13.2. The van der Waals surface area contributed by atoms with Gasteiger partial charge in [-0.2, -0.15) is 0 Å². The topological polar surface area (TPSA) is 44.9 Å². The minimum absolute atomic E-state index is 0.0350. The lowest BCUT2D eigenvalue weighted by atomic mass is 9.87. The zero-order chi connectivity index (χ0) is 15.7. The molecular formula is C18H23FN2O. The summed E-state index contributed by atoms with van der Waals surface area (Å²) in [6, 6.07) is 4.96. The quantitative estimate of drug-likeness (QED) is 0.888. The van der Waals surface area contributed by atoms with Gasteiger partial charge in [0.1, 0.15) is 5.82 Å². The normalized spacial score (nSPS) is 22.0. The number of rotatable bonds is 3. The van der Waals surface area contributed by atoms with Crippen LogP contribution in [0.5, 0.6) is 0 Å². The predicted octanol–water partition coefficient (Wildman–Crippen LogP) is 3.85. The molecule has 118 valence electrons. The van der Waals surface area contributed by atoms with E-state index in [4.69, 9.17) is 0 Å². The molecule has 0 radical (unpaired) electrons. The number of fused-ring (bicyclic) bond motifs is 1. The number of benzene rings is 1. The first-order valence-electron chi connectivity index (χ1n) is 8.09. The Labute approximate surface area is 130 Å². The second kappa shape index (κ2) is 6.11. The van der Waals surface area contributed by atoms with Crippen LogP contribution in [0, 0.1) is 18.7 Å². The summed E-state index contributed by atoms with van der Waals surface area (Å²) in [5.41, 5.74) is 2.72. The van der Waals surface area contributed by atoms with Crippen molar-refractivity contribution >= 4 is 16.8 Å². The molecule has 0 unspecified atom stereocenters. The molecule has 3 rings (SSSR count). The monoisotopic (exact) mass is 302 g/mol. The number of halogens is 1. The Morgan fingerprint density at radius 3 is 2.77 bits per heavy atom. The highest BCUT2D eigenvalue weighted by Crippen LogP contribution is 2.25. The maximum absolute atomic E-state index is 13.5. The summed E-state index contributed by atoms with van der Waals surface area (Å²) < 4.78 is 13.5. The number of carbonyl (C=O) groups excluding carboxylic acids is 1. The molecule has 1 aromatic heterocycles. The van der Waals surface area contributed by atoms with E-state index in [1.165, 1.54) is 25.0 Å². The third-order valence-corrected chi connectivity index (χ3v) is 4.80. The van der Waals surface area contributed by atoms with Crippen LogP contribution < -0.4 is 5.32 Å². The molecule has 0 saturated heterocycles. The molecule has 0 bridgehead atoms. The maximum Gasteiger partial charge on any atom is 0.224 e. The highest BCUT2D eigenvalue weighted by molar-refractivity contribution is 5.90. The summed E-state index contributed by atoms with van der Waals surface area (Å²) in [5, 5.41) is 3.95. The van der Waals surface area contributed by atoms with Crippen LogP contribution in [-0.2, 0) is 11.2 Å². The van der Waals surface area contributed by atoms with Gasteiger partial charge in [-0.1, -0.05) is 6.92 Å². The van der Waals surface area contributed by atoms with Crippen LogP contribution in [0.4, 0.5) is 4.39 Å². The van der Waals surface area contributed by atoms with Gasteiger partial charge in [0.25, 0.3) is 0 Å². The van der Waals surface area contributed by atoms with Crippen LogP contribution in [0.1, 0.15) is 43.9 Å². The van der Waals surface area contributed by atoms with Crippen LogP contribution in [0.15, 0.2) is 18.2 Å². The van der Waals surface area contributed by atoms with Gasteiger partial charge in [0.2, 0.25) is 5.91 Å². The van der Waals surface area contributed by atoms with Crippen molar-refractivity contribution in [3.05, 3.63) is 35.3 Å². The summed E-state index contributed by atoms with van der Waals surface area (Å²) in [7, 11) is 0. The lowest BCUT2D eigenvalue weighted by Gasteiger charge is -2.26. The molecule has 0 spiro atoms. The number of nitrogens with one attached hydrogen (secondary N) is 2. The van der Waals surface area contributed by atoms with Crippen molar-refractivity contribution in [3.63, 3.8) is 0 Å². The van der Waals surface area contributed by atoms with Crippen molar-refractivity contribution in [2.24, 2.45) is 5.92 Å². The van der Waals surface area contributed by atoms with Crippen LogP contribution in [-0.4, -0.2) is 16.9 Å². The molecule has 0 aliphatic heterocycles. The number of hydrogen-bond acceptors (Lipinski definition) is 1. The lowest BCUT2D eigenvalue weighted by Crippen LogP contribution is -2.38. The van der Waals surface area contributed by atoms with Gasteiger partial charge in [0.15, 0.2) is 0 Å². The summed E-state index contributed by atoms with van der Waals surface area (Å²) >= 11 is 0. The van der Waals surface area contributed by atoms with Gasteiger partial charge in [0, 0.05) is 22.6 Å². The Balaban J connectivity index is 1.71. The van der Waals surface area contributed by atoms with Gasteiger partial charge in [-0.3, -0.25) is 4.79 Å². The number of carbonyl (C=O) groups is 1. The summed E-state index contributed by atoms with van der Waals surface area (Å²) in [5.74, 6) is 0.536. The Morgan fingerprint density at radius 2 is 2.05 bits per heavy atom. The Kier molecular flexibility index (Phi) is 4.19. The van der Waals surface area contributed by atoms with E-state index in [0.717, 1.165) is 40.9 Å². The smallest absolute Gasteiger partial charge is 0.224 e. The molecule has 0 atom stereocenters. The van der Waals surface area contributed by atoms with E-state index < -0.39 is 0 Å². The van der Waals surface area contributed by atoms with E-state index in [9.17, 15) is 9.18 Å². The minimum atomic E-state index is -0.269. The molecule has 1 saturated carbocycles. The number of amides is 1. The Morgan fingerprint density at radius 1 is 1.32 bits per heavy atom. The van der Waals surface area contributed by atoms with Gasteiger partial charge in [-0.25, -0.2) is 4.39 Å². The van der Waals surface area contributed by atoms with Crippen molar-refractivity contribution in [3.8, 4) is 0 Å². The first kappa shape index (κ1) is 15.1. The molecule has 2 aromatic rings. The SMILES string of the molecule is Cc1[nH]c2ccc(F)cc2c1CC(=O)NC1CCC(C)CC1. The van der Waals surface area contributed by atoms with Gasteiger partial charge >= 0.3 is 0 Å². The van der Waals surface area contributed by atoms with E-state index in [1.54, 1.807) is 6.07 Å². The predicted molar refractivity (Wildman–Crippen MR) is 86.3 cm³/mol. The lowest BCUT2D eigenvalue weighted by molar-refractivity contribution is -0.121. The van der Waals surface area contributed by atoms with Crippen molar-refractivity contribution < 1.29 is 9.18 Å². The van der Waals surface area contributed by atoms with E-state index in [1.807, 2.05) is 6.92 Å². The van der Waals surface area contributed by atoms with Crippen LogP contribution in [0.25, 0.3) is 10.9 Å². The van der Waals surface area contributed by atoms with Gasteiger partial charge in [0.05, 0.1) is 6.42 Å². The number of aromatic nitrogens is 1. The second-order valence-electron chi connectivity index (χ2n) is 6.62. The maximum atomic E-state index is 13.5. The molecule has 2 N–H and O–H groups in total. The summed E-state index contributed by atoms with van der Waals surface area (Å²) in [6.45, 7) is 4.20. The van der Waals surface area contributed by atoms with Crippen LogP contribution in [0.3, 0.4) is 0 Å². The minimum Gasteiger partial charge on any atom is -0.358 e. The van der Waals surface area contributed by atoms with Crippen LogP contribution in [0.2, 0.25) is 0 Å². The van der Waals surface area contributed by atoms with Crippen molar-refractivity contribution in [1.29, 1.82) is 0 Å². The highest BCUT2D eigenvalue weighted by Gasteiger charge is 2.21. The van der Waals surface area contributed by atoms with Crippen LogP contribution >= 0.6 is 0 Å². The third-order valence-electron chi connectivity index (χ3n) is 4.80. The largest absolute Gasteiger partial charge is 0.358 e. The standard InChI is InChI=1S/C18H23FN2O/c1-11-3-6-14(7-4-11)21-18(22)10-15-12(2)20-17-8-5-13(19)9-16(15)17/h5,8-9,11,14,20H,3-4,6-7,10H2,1-2H3,(H,21,22). The third kappa shape index (κ3) is 3.16. The first-order valence-corrected chi connectivity index (χ1v) is 8.09. The average molecular weight is 302 g/mol. The number of aromatic amines is 1. The molecule has 1 fully saturated rings. The fourth-order valence-electron chi connectivity index (χ4n) is 3.43. The average Bonchev–Trinajstić information content (AvgIpc) is 2.77. The fourth-order valence-corrected chi connectivity index (χ4v) is 3.43. The molecule has 1 amide bonds. The second-order valence-corrected chi connectivity index (χ2v) is 6.62. The van der Waals surface area contributed by atoms with Crippen molar-refractivity contribution in [2.45, 2.75) is 52.0 Å². The van der Waals surface area contributed by atoms with Crippen molar-refractivity contribution in [1.82, 2.24) is 10.3 Å². The summed E-state index contributed by atoms with van der Waals surface area (Å²) in [6.07, 6.45) is 4.80. The fraction of sp³-hybridized carbons (Fsp3) is 0.500. The molecule has 1 aromatic carbocycles. The van der Waals surface area contributed by atoms with Crippen molar-refractivity contribution in [2.75, 3.05) is 0 Å². The molecule has 22 heavy (non-hydrogen) atoms. The van der Waals surface area contributed by atoms with E-state index in [-0.39, 0.29) is 11.7 Å². The van der Waals surface area contributed by atoms with E-state index in [2.05, 4.69) is 17.2 Å². The Bertz CT molecular complexity index is 684. The van der Waals surface area contributed by atoms with Gasteiger partial charge < -0.3 is 10.3 Å². The number of hydrogen-bond donors (Lipinski definition) is 2. The highest BCUT2D eigenvalue weighted by atomic mass is 19.1. The van der Waals surface area contributed by atoms with E-state index >= 15 is 0 Å². The number of H-pyrrole nitrogens is 1. The molecule has 4 heteroatoms. The zero-order valence-corrected chi connectivity index (χ0v) is 13.2. The Hall–Kier alpha value is -1.84. The summed E-state index contributed by atoms with van der Waals surface area (Å²) in [4.78, 5) is 15.5. The molecule has 1 aliphatic carbocycles.